The first kappa shape index (κ1) is 16.3. The van der Waals surface area contributed by atoms with E-state index in [1.54, 1.807) is 13.4 Å². The maximum absolute atomic E-state index is 13.4. The number of imidazole rings is 1. The third kappa shape index (κ3) is 2.85. The van der Waals surface area contributed by atoms with Gasteiger partial charge in [0.05, 0.1) is 24.3 Å². The van der Waals surface area contributed by atoms with Gasteiger partial charge in [-0.15, -0.1) is 0 Å². The molecule has 2 N–H and O–H groups in total. The SMILES string of the molecule is COC1(C(=O)N2Cc3[nH]cnc3C(c3ccccc3)C2)CCNCC1. The first-order chi connectivity index (χ1) is 12.2. The van der Waals surface area contributed by atoms with E-state index in [0.717, 1.165) is 24.5 Å². The molecule has 0 saturated carbocycles. The van der Waals surface area contributed by atoms with Crippen LogP contribution in [-0.2, 0) is 16.1 Å². The molecule has 1 aromatic heterocycles. The Labute approximate surface area is 147 Å². The van der Waals surface area contributed by atoms with E-state index < -0.39 is 5.60 Å². The standard InChI is InChI=1S/C19H24N4O2/c1-25-19(7-9-20-10-8-19)18(24)23-11-15(14-5-3-2-4-6-14)17-16(12-23)21-13-22-17/h2-6,13,15,20H,7-12H2,1H3,(H,21,22). The second kappa shape index (κ2) is 6.61. The minimum atomic E-state index is -0.704. The lowest BCUT2D eigenvalue weighted by molar-refractivity contribution is -0.159. The quantitative estimate of drug-likeness (QED) is 0.891. The van der Waals surface area contributed by atoms with Gasteiger partial charge in [-0.05, 0) is 31.5 Å². The van der Waals surface area contributed by atoms with Crippen LogP contribution >= 0.6 is 0 Å². The highest BCUT2D eigenvalue weighted by Crippen LogP contribution is 2.34. The summed E-state index contributed by atoms with van der Waals surface area (Å²) in [6, 6.07) is 10.3. The molecule has 2 aliphatic rings. The molecule has 132 valence electrons. The van der Waals surface area contributed by atoms with Crippen molar-refractivity contribution in [1.29, 1.82) is 0 Å². The van der Waals surface area contributed by atoms with E-state index in [2.05, 4.69) is 27.4 Å². The Balaban J connectivity index is 1.65. The Bertz CT molecular complexity index is 737. The number of nitrogens with one attached hydrogen (secondary N) is 2. The molecule has 1 atom stereocenters. The summed E-state index contributed by atoms with van der Waals surface area (Å²) in [4.78, 5) is 23.0. The van der Waals surface area contributed by atoms with Gasteiger partial charge < -0.3 is 19.9 Å². The maximum atomic E-state index is 13.4. The highest BCUT2D eigenvalue weighted by atomic mass is 16.5. The molecule has 1 saturated heterocycles. The van der Waals surface area contributed by atoms with E-state index >= 15 is 0 Å². The molecular weight excluding hydrogens is 316 g/mol. The van der Waals surface area contributed by atoms with Crippen LogP contribution < -0.4 is 5.32 Å². The van der Waals surface area contributed by atoms with Crippen molar-refractivity contribution in [2.24, 2.45) is 0 Å². The number of H-pyrrole nitrogens is 1. The van der Waals surface area contributed by atoms with Crippen molar-refractivity contribution < 1.29 is 9.53 Å². The molecule has 3 heterocycles. The molecule has 6 nitrogen and oxygen atoms in total. The van der Waals surface area contributed by atoms with Crippen LogP contribution in [0, 0.1) is 0 Å². The highest BCUT2D eigenvalue weighted by Gasteiger charge is 2.44. The lowest BCUT2D eigenvalue weighted by Crippen LogP contribution is -2.56. The summed E-state index contributed by atoms with van der Waals surface area (Å²) in [5, 5.41) is 3.31. The Morgan fingerprint density at radius 1 is 1.28 bits per heavy atom. The fraction of sp³-hybridized carbons (Fsp3) is 0.474. The largest absolute Gasteiger partial charge is 0.368 e. The molecule has 0 bridgehead atoms. The molecule has 2 aliphatic heterocycles. The minimum absolute atomic E-state index is 0.0933. The molecule has 0 spiro atoms. The van der Waals surface area contributed by atoms with E-state index in [-0.39, 0.29) is 11.8 Å². The molecule has 0 radical (unpaired) electrons. The summed E-state index contributed by atoms with van der Waals surface area (Å²) < 4.78 is 5.75. The zero-order valence-electron chi connectivity index (χ0n) is 14.5. The number of aromatic amines is 1. The number of benzene rings is 1. The van der Waals surface area contributed by atoms with Crippen molar-refractivity contribution in [1.82, 2.24) is 20.2 Å². The number of amides is 1. The number of methoxy groups -OCH3 is 1. The molecule has 6 heteroatoms. The lowest BCUT2D eigenvalue weighted by Gasteiger charge is -2.41. The second-order valence-electron chi connectivity index (χ2n) is 6.86. The molecular formula is C19H24N4O2. The summed E-state index contributed by atoms with van der Waals surface area (Å²) in [6.07, 6.45) is 3.15. The molecule has 1 unspecified atom stereocenters. The summed E-state index contributed by atoms with van der Waals surface area (Å²) >= 11 is 0. The fourth-order valence-electron chi connectivity index (χ4n) is 4.05. The number of rotatable bonds is 3. The Kier molecular flexibility index (Phi) is 4.31. The number of aromatic nitrogens is 2. The molecule has 25 heavy (non-hydrogen) atoms. The number of hydrogen-bond donors (Lipinski definition) is 2. The van der Waals surface area contributed by atoms with Crippen LogP contribution in [0.25, 0.3) is 0 Å². The monoisotopic (exact) mass is 340 g/mol. The van der Waals surface area contributed by atoms with Gasteiger partial charge in [-0.1, -0.05) is 30.3 Å². The van der Waals surface area contributed by atoms with Gasteiger partial charge in [0, 0.05) is 19.6 Å². The zero-order valence-corrected chi connectivity index (χ0v) is 14.5. The van der Waals surface area contributed by atoms with Crippen molar-refractivity contribution >= 4 is 5.91 Å². The van der Waals surface area contributed by atoms with Crippen LogP contribution in [0.2, 0.25) is 0 Å². The van der Waals surface area contributed by atoms with E-state index in [4.69, 9.17) is 4.74 Å². The molecule has 2 aromatic rings. The van der Waals surface area contributed by atoms with Gasteiger partial charge in [-0.2, -0.15) is 0 Å². The van der Waals surface area contributed by atoms with Crippen LogP contribution in [0.5, 0.6) is 0 Å². The Hall–Kier alpha value is -2.18. The number of nitrogens with zero attached hydrogens (tertiary/aromatic N) is 2. The summed E-state index contributed by atoms with van der Waals surface area (Å²) in [5.74, 6) is 0.188. The topological polar surface area (TPSA) is 70.2 Å². The number of carbonyl (C=O) groups is 1. The minimum Gasteiger partial charge on any atom is -0.368 e. The number of hydrogen-bond acceptors (Lipinski definition) is 4. The molecule has 4 rings (SSSR count). The van der Waals surface area contributed by atoms with Gasteiger partial charge in [0.15, 0.2) is 0 Å². The molecule has 0 aliphatic carbocycles. The Morgan fingerprint density at radius 2 is 2.04 bits per heavy atom. The summed E-state index contributed by atoms with van der Waals surface area (Å²) in [5.41, 5.74) is 2.55. The van der Waals surface area contributed by atoms with Crippen LogP contribution in [0.15, 0.2) is 36.7 Å². The van der Waals surface area contributed by atoms with Crippen molar-refractivity contribution in [2.45, 2.75) is 30.9 Å². The number of ether oxygens (including phenoxy) is 1. The molecule has 1 fully saturated rings. The smallest absolute Gasteiger partial charge is 0.255 e. The third-order valence-electron chi connectivity index (χ3n) is 5.51. The van der Waals surface area contributed by atoms with Crippen LogP contribution in [0.3, 0.4) is 0 Å². The van der Waals surface area contributed by atoms with Crippen molar-refractivity contribution in [3.05, 3.63) is 53.6 Å². The predicted octanol–water partition coefficient (Wildman–Crippen LogP) is 1.65. The van der Waals surface area contributed by atoms with Gasteiger partial charge in [-0.25, -0.2) is 4.98 Å². The van der Waals surface area contributed by atoms with Gasteiger partial charge >= 0.3 is 0 Å². The van der Waals surface area contributed by atoms with Crippen LogP contribution in [0.1, 0.15) is 35.7 Å². The van der Waals surface area contributed by atoms with Crippen molar-refractivity contribution in [2.75, 3.05) is 26.7 Å². The van der Waals surface area contributed by atoms with Gasteiger partial charge in [0.25, 0.3) is 5.91 Å². The van der Waals surface area contributed by atoms with Crippen LogP contribution in [0.4, 0.5) is 0 Å². The number of piperidine rings is 1. The predicted molar refractivity (Wildman–Crippen MR) is 94.1 cm³/mol. The normalized spacial score (nSPS) is 22.4. The summed E-state index contributed by atoms with van der Waals surface area (Å²) in [7, 11) is 1.66. The number of fused-ring (bicyclic) bond motifs is 1. The van der Waals surface area contributed by atoms with E-state index in [0.29, 0.717) is 25.9 Å². The van der Waals surface area contributed by atoms with E-state index in [9.17, 15) is 4.79 Å². The first-order valence-electron chi connectivity index (χ1n) is 8.86. The third-order valence-corrected chi connectivity index (χ3v) is 5.51. The van der Waals surface area contributed by atoms with Crippen molar-refractivity contribution in [3.8, 4) is 0 Å². The van der Waals surface area contributed by atoms with Gasteiger partial charge in [0.2, 0.25) is 0 Å². The maximum Gasteiger partial charge on any atom is 0.255 e. The first-order valence-corrected chi connectivity index (χ1v) is 8.86. The fourth-order valence-corrected chi connectivity index (χ4v) is 4.05. The second-order valence-corrected chi connectivity index (χ2v) is 6.86. The Morgan fingerprint density at radius 3 is 2.76 bits per heavy atom. The van der Waals surface area contributed by atoms with Gasteiger partial charge in [0.1, 0.15) is 5.60 Å². The van der Waals surface area contributed by atoms with E-state index in [1.165, 1.54) is 5.56 Å². The molecule has 1 amide bonds. The summed E-state index contributed by atoms with van der Waals surface area (Å²) in [6.45, 7) is 2.82. The average molecular weight is 340 g/mol. The van der Waals surface area contributed by atoms with E-state index in [1.807, 2.05) is 23.1 Å². The zero-order chi connectivity index (χ0) is 17.3. The average Bonchev–Trinajstić information content (AvgIpc) is 3.16. The van der Waals surface area contributed by atoms with Crippen molar-refractivity contribution in [3.63, 3.8) is 0 Å². The number of carbonyl (C=O) groups excluding carboxylic acids is 1. The van der Waals surface area contributed by atoms with Crippen LogP contribution in [-0.4, -0.2) is 53.1 Å². The highest BCUT2D eigenvalue weighted by molar-refractivity contribution is 5.86. The lowest BCUT2D eigenvalue weighted by atomic mass is 9.87. The molecule has 1 aromatic carbocycles. The van der Waals surface area contributed by atoms with Gasteiger partial charge in [-0.3, -0.25) is 4.79 Å².